The van der Waals surface area contributed by atoms with Gasteiger partial charge in [-0.15, -0.1) is 0 Å². The Morgan fingerprint density at radius 3 is 2.61 bits per heavy atom. The first-order chi connectivity index (χ1) is 14.7. The van der Waals surface area contributed by atoms with E-state index < -0.39 is 35.4 Å². The topological polar surface area (TPSA) is 100 Å². The summed E-state index contributed by atoms with van der Waals surface area (Å²) >= 11 is 0. The fraction of sp³-hybridized carbons (Fsp3) is 0.381. The molecule has 1 aromatic heterocycles. The quantitative estimate of drug-likeness (QED) is 0.573. The molecule has 3 rings (SSSR count). The zero-order valence-corrected chi connectivity index (χ0v) is 17.0. The zero-order valence-electron chi connectivity index (χ0n) is 17.0. The van der Waals surface area contributed by atoms with E-state index in [0.717, 1.165) is 13.0 Å². The SMILES string of the molecule is CN1CCC[C@@H]1C(=O)N[C@@H](Cc1cc(F)c(F)cc1F)C(=O)NCc1ccc(N)nc1. The van der Waals surface area contributed by atoms with Crippen molar-refractivity contribution in [3.63, 3.8) is 0 Å². The van der Waals surface area contributed by atoms with Gasteiger partial charge in [-0.1, -0.05) is 6.07 Å². The van der Waals surface area contributed by atoms with Gasteiger partial charge in [-0.2, -0.15) is 0 Å². The lowest BCUT2D eigenvalue weighted by Crippen LogP contribution is -2.52. The fourth-order valence-electron chi connectivity index (χ4n) is 3.51. The zero-order chi connectivity index (χ0) is 22.5. The summed E-state index contributed by atoms with van der Waals surface area (Å²) in [6.07, 6.45) is 2.63. The molecule has 2 heterocycles. The Hall–Kier alpha value is -3.14. The van der Waals surface area contributed by atoms with Gasteiger partial charge in [0.25, 0.3) is 0 Å². The van der Waals surface area contributed by atoms with E-state index in [1.54, 1.807) is 19.2 Å². The van der Waals surface area contributed by atoms with Crippen LogP contribution in [0.5, 0.6) is 0 Å². The molecule has 0 unspecified atom stereocenters. The first kappa shape index (κ1) is 22.5. The molecular formula is C21H24F3N5O2. The minimum atomic E-state index is -1.32. The van der Waals surface area contributed by atoms with Gasteiger partial charge in [-0.3, -0.25) is 14.5 Å². The number of benzene rings is 1. The normalized spacial score (nSPS) is 17.4. The molecule has 2 aromatic rings. The molecule has 1 aromatic carbocycles. The third-order valence-electron chi connectivity index (χ3n) is 5.28. The largest absolute Gasteiger partial charge is 0.384 e. The Kier molecular flexibility index (Phi) is 7.11. The molecule has 7 nitrogen and oxygen atoms in total. The van der Waals surface area contributed by atoms with Crippen LogP contribution in [0.3, 0.4) is 0 Å². The number of likely N-dealkylation sites (N-methyl/N-ethyl adjacent to an activating group) is 1. The molecular weight excluding hydrogens is 411 g/mol. The van der Waals surface area contributed by atoms with Gasteiger partial charge >= 0.3 is 0 Å². The molecule has 1 aliphatic rings. The summed E-state index contributed by atoms with van der Waals surface area (Å²) in [6.45, 7) is 0.846. The van der Waals surface area contributed by atoms with Crippen LogP contribution in [0.2, 0.25) is 0 Å². The standard InChI is InChI=1S/C21H24F3N5O2/c1-29-6-2-3-18(29)21(31)28-17(8-13-7-15(23)16(24)9-14(13)22)20(30)27-11-12-4-5-19(25)26-10-12/h4-5,7,9-10,17-18H,2-3,6,8,11H2,1H3,(H2,25,26)(H,27,30)(H,28,31)/t17-,18+/m0/s1. The second-order valence-electron chi connectivity index (χ2n) is 7.57. The number of hydrogen-bond acceptors (Lipinski definition) is 5. The highest BCUT2D eigenvalue weighted by atomic mass is 19.2. The number of nitrogens with zero attached hydrogens (tertiary/aromatic N) is 2. The number of nitrogens with two attached hydrogens (primary N) is 1. The summed E-state index contributed by atoms with van der Waals surface area (Å²) in [5.74, 6) is -4.19. The Balaban J connectivity index is 1.75. The Bertz CT molecular complexity index is 955. The molecule has 4 N–H and O–H groups in total. The molecule has 2 amide bonds. The van der Waals surface area contributed by atoms with E-state index in [2.05, 4.69) is 15.6 Å². The smallest absolute Gasteiger partial charge is 0.243 e. The van der Waals surface area contributed by atoms with Gasteiger partial charge in [0.2, 0.25) is 11.8 Å². The van der Waals surface area contributed by atoms with E-state index >= 15 is 0 Å². The van der Waals surface area contributed by atoms with Crippen molar-refractivity contribution in [1.82, 2.24) is 20.5 Å². The summed E-state index contributed by atoms with van der Waals surface area (Å²) in [4.78, 5) is 31.3. The average Bonchev–Trinajstić information content (AvgIpc) is 3.16. The molecule has 1 saturated heterocycles. The lowest BCUT2D eigenvalue weighted by atomic mass is 10.0. The van der Waals surface area contributed by atoms with Crippen LogP contribution in [0.4, 0.5) is 19.0 Å². The summed E-state index contributed by atoms with van der Waals surface area (Å²) in [5.41, 5.74) is 5.99. The maximum Gasteiger partial charge on any atom is 0.243 e. The van der Waals surface area contributed by atoms with Gasteiger partial charge in [0.05, 0.1) is 6.04 Å². The van der Waals surface area contributed by atoms with E-state index in [0.29, 0.717) is 29.9 Å². The third kappa shape index (κ3) is 5.72. The van der Waals surface area contributed by atoms with Gasteiger partial charge < -0.3 is 16.4 Å². The molecule has 2 atom stereocenters. The van der Waals surface area contributed by atoms with Crippen LogP contribution in [0.15, 0.2) is 30.5 Å². The van der Waals surface area contributed by atoms with Crippen LogP contribution >= 0.6 is 0 Å². The second-order valence-corrected chi connectivity index (χ2v) is 7.57. The van der Waals surface area contributed by atoms with Crippen LogP contribution in [-0.4, -0.2) is 47.4 Å². The number of carbonyl (C=O) groups excluding carboxylic acids is 2. The van der Waals surface area contributed by atoms with Gasteiger partial charge in [0, 0.05) is 25.2 Å². The van der Waals surface area contributed by atoms with Crippen molar-refractivity contribution < 1.29 is 22.8 Å². The number of anilines is 1. The summed E-state index contributed by atoms with van der Waals surface area (Å²) in [5, 5.41) is 5.29. The van der Waals surface area contributed by atoms with Crippen molar-refractivity contribution in [2.75, 3.05) is 19.3 Å². The number of aromatic nitrogens is 1. The minimum absolute atomic E-state index is 0.0993. The summed E-state index contributed by atoms with van der Waals surface area (Å²) < 4.78 is 41.0. The van der Waals surface area contributed by atoms with Crippen molar-refractivity contribution in [3.05, 3.63) is 59.0 Å². The van der Waals surface area contributed by atoms with Crippen LogP contribution in [0, 0.1) is 17.5 Å². The highest BCUT2D eigenvalue weighted by molar-refractivity contribution is 5.90. The Labute approximate surface area is 177 Å². The van der Waals surface area contributed by atoms with Crippen LogP contribution in [0.1, 0.15) is 24.0 Å². The molecule has 166 valence electrons. The summed E-state index contributed by atoms with van der Waals surface area (Å²) in [6, 6.07) is 2.79. The number of amides is 2. The lowest BCUT2D eigenvalue weighted by molar-refractivity contribution is -0.131. The van der Waals surface area contributed by atoms with Crippen LogP contribution < -0.4 is 16.4 Å². The number of carbonyl (C=O) groups is 2. The highest BCUT2D eigenvalue weighted by Crippen LogP contribution is 2.18. The van der Waals surface area contributed by atoms with E-state index in [1.807, 2.05) is 4.90 Å². The van der Waals surface area contributed by atoms with Gasteiger partial charge in [-0.25, -0.2) is 18.2 Å². The molecule has 1 aliphatic heterocycles. The number of hydrogen-bond donors (Lipinski definition) is 3. The molecule has 31 heavy (non-hydrogen) atoms. The van der Waals surface area contributed by atoms with Gasteiger partial charge in [0.15, 0.2) is 11.6 Å². The van der Waals surface area contributed by atoms with Crippen LogP contribution in [-0.2, 0) is 22.6 Å². The highest BCUT2D eigenvalue weighted by Gasteiger charge is 2.31. The second kappa shape index (κ2) is 9.78. The van der Waals surface area contributed by atoms with E-state index in [9.17, 15) is 22.8 Å². The number of nitrogens with one attached hydrogen (secondary N) is 2. The Morgan fingerprint density at radius 2 is 1.97 bits per heavy atom. The van der Waals surface area contributed by atoms with Crippen molar-refractivity contribution in [2.24, 2.45) is 0 Å². The monoisotopic (exact) mass is 435 g/mol. The predicted octanol–water partition coefficient (Wildman–Crippen LogP) is 1.52. The number of halogens is 3. The first-order valence-electron chi connectivity index (χ1n) is 9.86. The number of rotatable bonds is 7. The lowest BCUT2D eigenvalue weighted by Gasteiger charge is -2.24. The molecule has 1 fully saturated rings. The first-order valence-corrected chi connectivity index (χ1v) is 9.86. The molecule has 10 heteroatoms. The molecule has 0 radical (unpaired) electrons. The third-order valence-corrected chi connectivity index (χ3v) is 5.28. The molecule has 0 bridgehead atoms. The van der Waals surface area contributed by atoms with E-state index in [4.69, 9.17) is 5.73 Å². The molecule has 0 saturated carbocycles. The van der Waals surface area contributed by atoms with Crippen LogP contribution in [0.25, 0.3) is 0 Å². The molecule has 0 spiro atoms. The molecule has 0 aliphatic carbocycles. The fourth-order valence-corrected chi connectivity index (χ4v) is 3.51. The van der Waals surface area contributed by atoms with Gasteiger partial charge in [-0.05, 0) is 49.7 Å². The van der Waals surface area contributed by atoms with Crippen molar-refractivity contribution in [2.45, 2.75) is 37.9 Å². The van der Waals surface area contributed by atoms with Gasteiger partial charge in [0.1, 0.15) is 17.7 Å². The maximum absolute atomic E-state index is 14.2. The summed E-state index contributed by atoms with van der Waals surface area (Å²) in [7, 11) is 1.80. The van der Waals surface area contributed by atoms with Crippen molar-refractivity contribution in [1.29, 1.82) is 0 Å². The Morgan fingerprint density at radius 1 is 1.23 bits per heavy atom. The average molecular weight is 435 g/mol. The predicted molar refractivity (Wildman–Crippen MR) is 108 cm³/mol. The van der Waals surface area contributed by atoms with Crippen molar-refractivity contribution >= 4 is 17.6 Å². The van der Waals surface area contributed by atoms with E-state index in [1.165, 1.54) is 6.20 Å². The van der Waals surface area contributed by atoms with E-state index in [-0.39, 0.29) is 24.4 Å². The minimum Gasteiger partial charge on any atom is -0.384 e. The number of pyridine rings is 1. The number of nitrogen functional groups attached to an aromatic ring is 1. The van der Waals surface area contributed by atoms with Crippen molar-refractivity contribution in [3.8, 4) is 0 Å². The maximum atomic E-state index is 14.2. The number of likely N-dealkylation sites (tertiary alicyclic amines) is 1.